The highest BCUT2D eigenvalue weighted by atomic mass is 16.1. The largest absolute Gasteiger partial charge is 0.320 e. The second-order valence-corrected chi connectivity index (χ2v) is 7.18. The molecule has 1 fully saturated rings. The molecule has 1 amide bonds. The molecule has 0 aliphatic carbocycles. The van der Waals surface area contributed by atoms with E-state index in [4.69, 9.17) is 0 Å². The number of benzene rings is 2. The van der Waals surface area contributed by atoms with Crippen molar-refractivity contribution in [2.75, 3.05) is 38.5 Å². The summed E-state index contributed by atoms with van der Waals surface area (Å²) < 4.78 is 0. The molecule has 27 heavy (non-hydrogen) atoms. The van der Waals surface area contributed by atoms with Gasteiger partial charge in [0.05, 0.1) is 5.69 Å². The molecule has 7 nitrogen and oxygen atoms in total. The maximum absolute atomic E-state index is 12.8. The molecule has 0 saturated carbocycles. The van der Waals surface area contributed by atoms with Gasteiger partial charge in [-0.05, 0) is 43.3 Å². The number of fused-ring (bicyclic) bond motifs is 1. The molecule has 0 unspecified atom stereocenters. The summed E-state index contributed by atoms with van der Waals surface area (Å²) in [4.78, 5) is 17.6. The third kappa shape index (κ3) is 3.84. The fourth-order valence-electron chi connectivity index (χ4n) is 3.43. The number of hydrogen-bond acceptors (Lipinski definition) is 5. The fraction of sp³-hybridized carbons (Fsp3) is 0.350. The minimum absolute atomic E-state index is 0.131. The van der Waals surface area contributed by atoms with E-state index in [1.807, 2.05) is 37.3 Å². The summed E-state index contributed by atoms with van der Waals surface area (Å²) in [6, 6.07) is 11.7. The monoisotopic (exact) mass is 364 g/mol. The Hall–Kier alpha value is -2.77. The van der Waals surface area contributed by atoms with Gasteiger partial charge in [-0.2, -0.15) is 15.4 Å². The smallest absolute Gasteiger partial charge is 0.255 e. The molecule has 4 rings (SSSR count). The number of nitrogens with one attached hydrogen (secondary N) is 2. The Morgan fingerprint density at radius 1 is 1.15 bits per heavy atom. The molecular formula is C20H24N6O. The first-order valence-corrected chi connectivity index (χ1v) is 9.21. The van der Waals surface area contributed by atoms with Crippen molar-refractivity contribution in [2.45, 2.75) is 13.5 Å². The summed E-state index contributed by atoms with van der Waals surface area (Å²) in [5.41, 5.74) is 4.89. The van der Waals surface area contributed by atoms with Crippen molar-refractivity contribution >= 4 is 22.6 Å². The number of H-pyrrole nitrogens is 1. The number of amides is 1. The van der Waals surface area contributed by atoms with E-state index in [0.29, 0.717) is 16.8 Å². The number of nitrogens with zero attached hydrogens (tertiary/aromatic N) is 4. The quantitative estimate of drug-likeness (QED) is 0.743. The van der Waals surface area contributed by atoms with Crippen LogP contribution in [0.4, 0.5) is 5.69 Å². The first-order chi connectivity index (χ1) is 13.1. The number of aryl methyl sites for hydroxylation is 1. The molecule has 1 aliphatic heterocycles. The SMILES string of the molecule is Cc1ccc2n[nH]nc2c1NC(=O)c1cccc(CN2CCN(C)CC2)c1. The van der Waals surface area contributed by atoms with Gasteiger partial charge >= 0.3 is 0 Å². The molecule has 0 radical (unpaired) electrons. The number of rotatable bonds is 4. The van der Waals surface area contributed by atoms with Crippen LogP contribution in [0, 0.1) is 6.92 Å². The molecule has 0 atom stereocenters. The molecule has 1 aliphatic rings. The van der Waals surface area contributed by atoms with E-state index >= 15 is 0 Å². The van der Waals surface area contributed by atoms with Gasteiger partial charge in [-0.3, -0.25) is 9.69 Å². The van der Waals surface area contributed by atoms with Gasteiger partial charge in [0.15, 0.2) is 0 Å². The topological polar surface area (TPSA) is 77.1 Å². The summed E-state index contributed by atoms with van der Waals surface area (Å²) in [5.74, 6) is -0.131. The zero-order valence-corrected chi connectivity index (χ0v) is 15.7. The van der Waals surface area contributed by atoms with Crippen molar-refractivity contribution < 1.29 is 4.79 Å². The van der Waals surface area contributed by atoms with Crippen LogP contribution in [0.1, 0.15) is 21.5 Å². The van der Waals surface area contributed by atoms with Crippen LogP contribution in [-0.4, -0.2) is 64.3 Å². The number of aromatic amines is 1. The number of likely N-dealkylation sites (N-methyl/N-ethyl adjacent to an activating group) is 1. The summed E-state index contributed by atoms with van der Waals surface area (Å²) in [7, 11) is 2.15. The van der Waals surface area contributed by atoms with Crippen LogP contribution in [0.3, 0.4) is 0 Å². The molecule has 1 aromatic heterocycles. The van der Waals surface area contributed by atoms with Crippen molar-refractivity contribution in [2.24, 2.45) is 0 Å². The van der Waals surface area contributed by atoms with Gasteiger partial charge in [-0.15, -0.1) is 0 Å². The number of carbonyl (C=O) groups is 1. The van der Waals surface area contributed by atoms with E-state index in [1.54, 1.807) is 0 Å². The predicted molar refractivity (Wildman–Crippen MR) is 106 cm³/mol. The first kappa shape index (κ1) is 17.6. The molecule has 7 heteroatoms. The summed E-state index contributed by atoms with van der Waals surface area (Å²) in [6.45, 7) is 7.10. The van der Waals surface area contributed by atoms with Gasteiger partial charge in [-0.25, -0.2) is 0 Å². The van der Waals surface area contributed by atoms with Crippen molar-refractivity contribution in [1.29, 1.82) is 0 Å². The maximum Gasteiger partial charge on any atom is 0.255 e. The minimum atomic E-state index is -0.131. The van der Waals surface area contributed by atoms with Gasteiger partial charge in [0.1, 0.15) is 11.0 Å². The lowest BCUT2D eigenvalue weighted by Crippen LogP contribution is -2.43. The van der Waals surface area contributed by atoms with Crippen LogP contribution in [-0.2, 0) is 6.54 Å². The Morgan fingerprint density at radius 2 is 1.96 bits per heavy atom. The summed E-state index contributed by atoms with van der Waals surface area (Å²) >= 11 is 0. The number of piperazine rings is 1. The van der Waals surface area contributed by atoms with Gasteiger partial charge in [0, 0.05) is 38.3 Å². The molecule has 140 valence electrons. The summed E-state index contributed by atoms with van der Waals surface area (Å²) in [5, 5.41) is 13.9. The third-order valence-electron chi connectivity index (χ3n) is 5.13. The van der Waals surface area contributed by atoms with Crippen LogP contribution in [0.25, 0.3) is 11.0 Å². The van der Waals surface area contributed by atoms with Crippen LogP contribution >= 0.6 is 0 Å². The van der Waals surface area contributed by atoms with Crippen molar-refractivity contribution in [3.8, 4) is 0 Å². The lowest BCUT2D eigenvalue weighted by molar-refractivity contribution is 0.102. The number of anilines is 1. The maximum atomic E-state index is 12.8. The minimum Gasteiger partial charge on any atom is -0.320 e. The second-order valence-electron chi connectivity index (χ2n) is 7.18. The van der Waals surface area contributed by atoms with Crippen molar-refractivity contribution in [3.05, 3.63) is 53.1 Å². The van der Waals surface area contributed by atoms with Crippen LogP contribution < -0.4 is 5.32 Å². The van der Waals surface area contributed by atoms with Crippen LogP contribution in [0.5, 0.6) is 0 Å². The molecule has 2 N–H and O–H groups in total. The summed E-state index contributed by atoms with van der Waals surface area (Å²) in [6.07, 6.45) is 0. The van der Waals surface area contributed by atoms with E-state index in [9.17, 15) is 4.79 Å². The van der Waals surface area contributed by atoms with Gasteiger partial charge < -0.3 is 10.2 Å². The van der Waals surface area contributed by atoms with Gasteiger partial charge in [0.2, 0.25) is 0 Å². The van der Waals surface area contributed by atoms with Gasteiger partial charge in [0.25, 0.3) is 5.91 Å². The Bertz CT molecular complexity index is 958. The first-order valence-electron chi connectivity index (χ1n) is 9.21. The van der Waals surface area contributed by atoms with E-state index in [1.165, 1.54) is 0 Å². The number of hydrogen-bond donors (Lipinski definition) is 2. The van der Waals surface area contributed by atoms with E-state index in [0.717, 1.165) is 49.4 Å². The van der Waals surface area contributed by atoms with Crippen molar-refractivity contribution in [3.63, 3.8) is 0 Å². The number of aromatic nitrogens is 3. The van der Waals surface area contributed by atoms with Crippen LogP contribution in [0.15, 0.2) is 36.4 Å². The second kappa shape index (κ2) is 7.46. The molecule has 0 spiro atoms. The Kier molecular flexibility index (Phi) is 4.87. The lowest BCUT2D eigenvalue weighted by Gasteiger charge is -2.32. The Morgan fingerprint density at radius 3 is 2.78 bits per heavy atom. The van der Waals surface area contributed by atoms with Crippen molar-refractivity contribution in [1.82, 2.24) is 25.2 Å². The zero-order chi connectivity index (χ0) is 18.8. The normalized spacial score (nSPS) is 15.9. The fourth-order valence-corrected chi connectivity index (χ4v) is 3.43. The highest BCUT2D eigenvalue weighted by molar-refractivity contribution is 6.08. The molecule has 3 aromatic rings. The average molecular weight is 364 g/mol. The zero-order valence-electron chi connectivity index (χ0n) is 15.7. The Labute approximate surface area is 158 Å². The van der Waals surface area contributed by atoms with E-state index < -0.39 is 0 Å². The highest BCUT2D eigenvalue weighted by Gasteiger charge is 2.16. The highest BCUT2D eigenvalue weighted by Crippen LogP contribution is 2.24. The molecule has 2 heterocycles. The molecule has 0 bridgehead atoms. The van der Waals surface area contributed by atoms with E-state index in [2.05, 4.69) is 43.6 Å². The third-order valence-corrected chi connectivity index (χ3v) is 5.13. The Balaban J connectivity index is 1.50. The standard InChI is InChI=1S/C20H24N6O/c1-14-6-7-17-19(23-24-22-17)18(14)21-20(27)16-5-3-4-15(12-16)13-26-10-8-25(2)9-11-26/h3-7,12H,8-11,13H2,1-2H3,(H,21,27)(H,22,23,24). The van der Waals surface area contributed by atoms with Gasteiger partial charge in [-0.1, -0.05) is 18.2 Å². The predicted octanol–water partition coefficient (Wildman–Crippen LogP) is 2.27. The van der Waals surface area contributed by atoms with Crippen LogP contribution in [0.2, 0.25) is 0 Å². The molecule has 2 aromatic carbocycles. The lowest BCUT2D eigenvalue weighted by atomic mass is 10.1. The van der Waals surface area contributed by atoms with E-state index in [-0.39, 0.29) is 5.91 Å². The number of carbonyl (C=O) groups excluding carboxylic acids is 1. The molecule has 1 saturated heterocycles. The average Bonchev–Trinajstić information content (AvgIpc) is 3.15. The molecular weight excluding hydrogens is 340 g/mol.